The molecule has 1 aliphatic rings. The van der Waals surface area contributed by atoms with Crippen molar-refractivity contribution >= 4 is 0 Å². The molecule has 1 saturated heterocycles. The van der Waals surface area contributed by atoms with Crippen molar-refractivity contribution in [2.45, 2.75) is 32.5 Å². The average Bonchev–Trinajstić information content (AvgIpc) is 2.40. The summed E-state index contributed by atoms with van der Waals surface area (Å²) in [6, 6.07) is 0.00463. The lowest BCUT2D eigenvalue weighted by atomic mass is 10.2. The second-order valence-corrected chi connectivity index (χ2v) is 2.12. The van der Waals surface area contributed by atoms with Gasteiger partial charge in [-0.1, -0.05) is 13.8 Å². The van der Waals surface area contributed by atoms with Crippen molar-refractivity contribution in [1.82, 2.24) is 5.32 Å². The molecule has 10 heavy (non-hydrogen) atoms. The van der Waals surface area contributed by atoms with E-state index in [0.29, 0.717) is 13.0 Å². The lowest BCUT2D eigenvalue weighted by Crippen LogP contribution is -2.24. The van der Waals surface area contributed by atoms with Gasteiger partial charge in [-0.15, -0.1) is 0 Å². The van der Waals surface area contributed by atoms with Crippen LogP contribution in [0, 0.1) is 0 Å². The third-order valence-corrected chi connectivity index (χ3v) is 1.39. The number of hydrogen-bond donors (Lipinski definition) is 2. The molecule has 0 aromatic heterocycles. The molecule has 1 fully saturated rings. The lowest BCUT2D eigenvalue weighted by Gasteiger charge is -2.01. The summed E-state index contributed by atoms with van der Waals surface area (Å²) in [5.74, 6) is 0. The highest BCUT2D eigenvalue weighted by Gasteiger charge is 2.21. The molecule has 0 radical (unpaired) electrons. The number of aliphatic hydroxyl groups excluding tert-OH is 1. The van der Waals surface area contributed by atoms with Crippen LogP contribution in [0.15, 0.2) is 0 Å². The standard InChI is InChI=1S/C5H10FNO.C2H6/c6-4-1-5(3-8)7-2-4;1-2/h4-5,7-8H,1-3H2;1-2H3/t4-,5+;/m0./s1. The van der Waals surface area contributed by atoms with E-state index in [0.717, 1.165) is 0 Å². The molecule has 0 spiro atoms. The number of rotatable bonds is 1. The van der Waals surface area contributed by atoms with E-state index in [1.54, 1.807) is 0 Å². The number of alkyl halides is 1. The van der Waals surface area contributed by atoms with Gasteiger partial charge in [0, 0.05) is 12.6 Å². The Hall–Kier alpha value is -0.150. The summed E-state index contributed by atoms with van der Waals surface area (Å²) < 4.78 is 12.2. The molecule has 2 atom stereocenters. The van der Waals surface area contributed by atoms with E-state index in [1.807, 2.05) is 13.8 Å². The van der Waals surface area contributed by atoms with Crippen LogP contribution in [0.5, 0.6) is 0 Å². The van der Waals surface area contributed by atoms with Crippen molar-refractivity contribution in [3.63, 3.8) is 0 Å². The Morgan fingerprint density at radius 3 is 2.40 bits per heavy atom. The molecule has 3 heteroatoms. The molecule has 62 valence electrons. The maximum absolute atomic E-state index is 12.2. The summed E-state index contributed by atoms with van der Waals surface area (Å²) in [5, 5.41) is 11.3. The van der Waals surface area contributed by atoms with Crippen molar-refractivity contribution in [3.05, 3.63) is 0 Å². The normalized spacial score (nSPS) is 31.2. The molecule has 1 aliphatic heterocycles. The van der Waals surface area contributed by atoms with Gasteiger partial charge in [0.1, 0.15) is 6.17 Å². The van der Waals surface area contributed by atoms with Crippen LogP contribution in [-0.4, -0.2) is 30.5 Å². The first-order valence-corrected chi connectivity index (χ1v) is 3.81. The summed E-state index contributed by atoms with van der Waals surface area (Å²) >= 11 is 0. The molecule has 2 nitrogen and oxygen atoms in total. The maximum atomic E-state index is 12.2. The van der Waals surface area contributed by atoms with E-state index in [-0.39, 0.29) is 12.6 Å². The summed E-state index contributed by atoms with van der Waals surface area (Å²) in [6.07, 6.45) is -0.275. The van der Waals surface area contributed by atoms with E-state index < -0.39 is 6.17 Å². The van der Waals surface area contributed by atoms with Gasteiger partial charge in [0.15, 0.2) is 0 Å². The Bertz CT molecular complexity index is 80.0. The van der Waals surface area contributed by atoms with E-state index in [9.17, 15) is 4.39 Å². The zero-order chi connectivity index (χ0) is 7.98. The Morgan fingerprint density at radius 2 is 2.20 bits per heavy atom. The molecule has 0 amide bonds. The highest BCUT2D eigenvalue weighted by molar-refractivity contribution is 4.80. The van der Waals surface area contributed by atoms with Crippen molar-refractivity contribution in [2.75, 3.05) is 13.2 Å². The molecule has 0 aromatic carbocycles. The van der Waals surface area contributed by atoms with Gasteiger partial charge >= 0.3 is 0 Å². The van der Waals surface area contributed by atoms with Gasteiger partial charge < -0.3 is 10.4 Å². The van der Waals surface area contributed by atoms with Crippen LogP contribution in [0.25, 0.3) is 0 Å². The predicted molar refractivity (Wildman–Crippen MR) is 39.7 cm³/mol. The fourth-order valence-electron chi connectivity index (χ4n) is 0.909. The molecule has 1 heterocycles. The van der Waals surface area contributed by atoms with Gasteiger partial charge in [0.2, 0.25) is 0 Å². The largest absolute Gasteiger partial charge is 0.395 e. The quantitative estimate of drug-likeness (QED) is 0.575. The second kappa shape index (κ2) is 5.62. The first-order valence-electron chi connectivity index (χ1n) is 3.81. The molecule has 0 aromatic rings. The number of nitrogens with one attached hydrogen (secondary N) is 1. The van der Waals surface area contributed by atoms with Crippen LogP contribution >= 0.6 is 0 Å². The van der Waals surface area contributed by atoms with Crippen LogP contribution in [0.1, 0.15) is 20.3 Å². The van der Waals surface area contributed by atoms with Gasteiger partial charge in [0.25, 0.3) is 0 Å². The molecule has 1 rings (SSSR count). The SMILES string of the molecule is CC.OC[C@H]1C[C@H](F)CN1. The topological polar surface area (TPSA) is 32.3 Å². The van der Waals surface area contributed by atoms with E-state index in [4.69, 9.17) is 5.11 Å². The number of hydrogen-bond acceptors (Lipinski definition) is 2. The molecular weight excluding hydrogens is 133 g/mol. The minimum Gasteiger partial charge on any atom is -0.395 e. The Balaban J connectivity index is 0.000000371. The van der Waals surface area contributed by atoms with Crippen molar-refractivity contribution < 1.29 is 9.50 Å². The van der Waals surface area contributed by atoms with Crippen LogP contribution < -0.4 is 5.32 Å². The average molecular weight is 149 g/mol. The van der Waals surface area contributed by atoms with Crippen LogP contribution in [-0.2, 0) is 0 Å². The lowest BCUT2D eigenvalue weighted by molar-refractivity contribution is 0.248. The predicted octanol–water partition coefficient (Wildman–Crippen LogP) is 0.705. The highest BCUT2D eigenvalue weighted by Crippen LogP contribution is 2.08. The maximum Gasteiger partial charge on any atom is 0.114 e. The van der Waals surface area contributed by atoms with Gasteiger partial charge in [-0.25, -0.2) is 4.39 Å². The highest BCUT2D eigenvalue weighted by atomic mass is 19.1. The smallest absolute Gasteiger partial charge is 0.114 e. The first kappa shape index (κ1) is 9.85. The van der Waals surface area contributed by atoms with Gasteiger partial charge in [-0.2, -0.15) is 0 Å². The fourth-order valence-corrected chi connectivity index (χ4v) is 0.909. The summed E-state index contributed by atoms with van der Waals surface area (Å²) in [6.45, 7) is 4.46. The molecular formula is C7H16FNO. The van der Waals surface area contributed by atoms with Crippen LogP contribution in [0.3, 0.4) is 0 Å². The monoisotopic (exact) mass is 149 g/mol. The molecule has 0 saturated carbocycles. The van der Waals surface area contributed by atoms with Crippen molar-refractivity contribution in [3.8, 4) is 0 Å². The Labute approximate surface area is 61.4 Å². The third kappa shape index (κ3) is 3.13. The number of halogens is 1. The van der Waals surface area contributed by atoms with Gasteiger partial charge in [-0.3, -0.25) is 0 Å². The fraction of sp³-hybridized carbons (Fsp3) is 1.00. The Kier molecular flexibility index (Phi) is 5.54. The Morgan fingerprint density at radius 1 is 1.60 bits per heavy atom. The zero-order valence-corrected chi connectivity index (χ0v) is 6.60. The zero-order valence-electron chi connectivity index (χ0n) is 6.60. The second-order valence-electron chi connectivity index (χ2n) is 2.12. The van der Waals surface area contributed by atoms with E-state index >= 15 is 0 Å². The molecule has 2 N–H and O–H groups in total. The van der Waals surface area contributed by atoms with Crippen molar-refractivity contribution in [1.29, 1.82) is 0 Å². The molecule has 0 unspecified atom stereocenters. The third-order valence-electron chi connectivity index (χ3n) is 1.39. The van der Waals surface area contributed by atoms with Gasteiger partial charge in [0.05, 0.1) is 6.61 Å². The summed E-state index contributed by atoms with van der Waals surface area (Å²) in [7, 11) is 0. The van der Waals surface area contributed by atoms with E-state index in [1.165, 1.54) is 0 Å². The summed E-state index contributed by atoms with van der Waals surface area (Å²) in [4.78, 5) is 0. The molecule has 0 bridgehead atoms. The van der Waals surface area contributed by atoms with Crippen molar-refractivity contribution in [2.24, 2.45) is 0 Å². The molecule has 0 aliphatic carbocycles. The minimum absolute atomic E-state index is 0.00463. The van der Waals surface area contributed by atoms with Gasteiger partial charge in [-0.05, 0) is 6.42 Å². The first-order chi connectivity index (χ1) is 4.83. The minimum atomic E-state index is -0.743. The summed E-state index contributed by atoms with van der Waals surface area (Å²) in [5.41, 5.74) is 0. The van der Waals surface area contributed by atoms with Crippen LogP contribution in [0.4, 0.5) is 4.39 Å². The van der Waals surface area contributed by atoms with E-state index in [2.05, 4.69) is 5.32 Å². The van der Waals surface area contributed by atoms with Crippen LogP contribution in [0.2, 0.25) is 0 Å². The number of aliphatic hydroxyl groups is 1.